The van der Waals surface area contributed by atoms with Crippen LogP contribution in [0.15, 0.2) is 17.0 Å². The van der Waals surface area contributed by atoms with Gasteiger partial charge in [0.15, 0.2) is 6.61 Å². The smallest absolute Gasteiger partial charge is 0.262 e. The number of carbonyl (C=O) groups excluding carboxylic acids is 1. The third-order valence-electron chi connectivity index (χ3n) is 4.52. The van der Waals surface area contributed by atoms with Gasteiger partial charge in [0.1, 0.15) is 10.6 Å². The van der Waals surface area contributed by atoms with Gasteiger partial charge < -0.3 is 14.8 Å². The lowest BCUT2D eigenvalue weighted by Crippen LogP contribution is -2.55. The largest absolute Gasteiger partial charge is 0.482 e. The van der Waals surface area contributed by atoms with E-state index in [-0.39, 0.29) is 40.3 Å². The summed E-state index contributed by atoms with van der Waals surface area (Å²) in [4.78, 5) is 13.5. The lowest BCUT2D eigenvalue weighted by Gasteiger charge is -2.40. The fraction of sp³-hybridized carbons (Fsp3) is 0.562. The quantitative estimate of drug-likeness (QED) is 0.763. The number of hydrogen-bond donors (Lipinski definition) is 2. The number of nitrogens with zero attached hydrogens (tertiary/aromatic N) is 1. The lowest BCUT2D eigenvalue weighted by atomic mass is 10.0. The third kappa shape index (κ3) is 4.12. The highest BCUT2D eigenvalue weighted by Crippen LogP contribution is 2.35. The number of nitrogens with one attached hydrogen (secondary N) is 2. The number of hydrogen-bond acceptors (Lipinski definition) is 6. The molecule has 1 aromatic rings. The van der Waals surface area contributed by atoms with Gasteiger partial charge in [0, 0.05) is 31.2 Å². The Labute approximate surface area is 157 Å². The van der Waals surface area contributed by atoms with Crippen LogP contribution in [-0.2, 0) is 19.6 Å². The molecule has 0 spiro atoms. The predicted octanol–water partition coefficient (Wildman–Crippen LogP) is 1.06. The molecule has 1 aromatic carbocycles. The maximum Gasteiger partial charge on any atom is 0.262 e. The van der Waals surface area contributed by atoms with Crippen LogP contribution in [0.3, 0.4) is 0 Å². The standard InChI is InChI=1S/C16H22ClN3O5S/c1-16(2,20-3-5-24-6-4-20)10-18-26(22,23)14-8-13-12(7-11(14)17)19-15(21)9-25-13/h7-8,18H,3-6,9-10H2,1-2H3,(H,19,21). The molecule has 0 radical (unpaired) electrons. The summed E-state index contributed by atoms with van der Waals surface area (Å²) in [6.45, 7) is 6.80. The molecule has 2 heterocycles. The first kappa shape index (κ1) is 19.4. The minimum atomic E-state index is -3.84. The number of amides is 1. The highest BCUT2D eigenvalue weighted by Gasteiger charge is 2.31. The van der Waals surface area contributed by atoms with E-state index in [0.717, 1.165) is 13.1 Å². The van der Waals surface area contributed by atoms with Crippen molar-refractivity contribution in [2.24, 2.45) is 0 Å². The number of halogens is 1. The summed E-state index contributed by atoms with van der Waals surface area (Å²) in [6.07, 6.45) is 0. The number of rotatable bonds is 5. The van der Waals surface area contributed by atoms with Crippen LogP contribution < -0.4 is 14.8 Å². The van der Waals surface area contributed by atoms with Crippen molar-refractivity contribution in [2.45, 2.75) is 24.3 Å². The number of ether oxygens (including phenoxy) is 2. The van der Waals surface area contributed by atoms with E-state index in [9.17, 15) is 13.2 Å². The molecule has 1 fully saturated rings. The third-order valence-corrected chi connectivity index (χ3v) is 6.38. The number of benzene rings is 1. The van der Waals surface area contributed by atoms with E-state index in [4.69, 9.17) is 21.1 Å². The molecule has 0 saturated carbocycles. The Morgan fingerprint density at radius 1 is 1.31 bits per heavy atom. The molecule has 2 N–H and O–H groups in total. The molecule has 2 aliphatic rings. The molecule has 0 unspecified atom stereocenters. The summed E-state index contributed by atoms with van der Waals surface area (Å²) in [5.41, 5.74) is -0.0130. The van der Waals surface area contributed by atoms with Crippen molar-refractivity contribution in [3.8, 4) is 5.75 Å². The van der Waals surface area contributed by atoms with E-state index >= 15 is 0 Å². The molecule has 2 aliphatic heterocycles. The van der Waals surface area contributed by atoms with Crippen LogP contribution in [0.25, 0.3) is 0 Å². The van der Waals surface area contributed by atoms with Gasteiger partial charge >= 0.3 is 0 Å². The Morgan fingerprint density at radius 3 is 2.69 bits per heavy atom. The van der Waals surface area contributed by atoms with Crippen molar-refractivity contribution >= 4 is 33.2 Å². The van der Waals surface area contributed by atoms with E-state index in [1.165, 1.54) is 12.1 Å². The van der Waals surface area contributed by atoms with E-state index in [1.807, 2.05) is 13.8 Å². The molecule has 1 saturated heterocycles. The Balaban J connectivity index is 1.77. The van der Waals surface area contributed by atoms with Crippen LogP contribution in [0, 0.1) is 0 Å². The fourth-order valence-electron chi connectivity index (χ4n) is 2.92. The van der Waals surface area contributed by atoms with E-state index in [1.54, 1.807) is 0 Å². The molecule has 8 nitrogen and oxygen atoms in total. The molecule has 0 atom stereocenters. The predicted molar refractivity (Wildman–Crippen MR) is 97.2 cm³/mol. The Morgan fingerprint density at radius 2 is 2.00 bits per heavy atom. The normalized spacial score (nSPS) is 18.8. The molecule has 1 amide bonds. The van der Waals surface area contributed by atoms with Crippen molar-refractivity contribution in [1.82, 2.24) is 9.62 Å². The van der Waals surface area contributed by atoms with Gasteiger partial charge in [-0.3, -0.25) is 9.69 Å². The van der Waals surface area contributed by atoms with Gasteiger partial charge in [0.05, 0.1) is 23.9 Å². The van der Waals surface area contributed by atoms with Gasteiger partial charge in [-0.15, -0.1) is 0 Å². The molecule has 3 rings (SSSR count). The summed E-state index contributed by atoms with van der Waals surface area (Å²) >= 11 is 6.14. The number of morpholine rings is 1. The van der Waals surface area contributed by atoms with Crippen molar-refractivity contribution in [3.63, 3.8) is 0 Å². The Hall–Kier alpha value is -1.39. The van der Waals surface area contributed by atoms with E-state index in [0.29, 0.717) is 18.9 Å². The van der Waals surface area contributed by atoms with Crippen LogP contribution in [0.4, 0.5) is 5.69 Å². The van der Waals surface area contributed by atoms with E-state index < -0.39 is 10.0 Å². The van der Waals surface area contributed by atoms with Crippen LogP contribution >= 0.6 is 11.6 Å². The molecule has 10 heteroatoms. The first-order valence-electron chi connectivity index (χ1n) is 8.28. The number of carbonyl (C=O) groups is 1. The van der Waals surface area contributed by atoms with Gasteiger partial charge in [-0.2, -0.15) is 0 Å². The highest BCUT2D eigenvalue weighted by atomic mass is 35.5. The van der Waals surface area contributed by atoms with Crippen molar-refractivity contribution < 1.29 is 22.7 Å². The summed E-state index contributed by atoms with van der Waals surface area (Å²) in [7, 11) is -3.84. The second-order valence-electron chi connectivity index (χ2n) is 6.85. The molecule has 144 valence electrons. The molecule has 0 aliphatic carbocycles. The van der Waals surface area contributed by atoms with Crippen LogP contribution in [0.1, 0.15) is 13.8 Å². The van der Waals surface area contributed by atoms with Crippen LogP contribution in [0.2, 0.25) is 5.02 Å². The van der Waals surface area contributed by atoms with Crippen LogP contribution in [0.5, 0.6) is 5.75 Å². The zero-order valence-corrected chi connectivity index (χ0v) is 16.2. The minimum Gasteiger partial charge on any atom is -0.482 e. The SMILES string of the molecule is CC(C)(CNS(=O)(=O)c1cc2c(cc1Cl)NC(=O)CO2)N1CCOCC1. The summed E-state index contributed by atoms with van der Waals surface area (Å²) in [5, 5.41) is 2.62. The highest BCUT2D eigenvalue weighted by molar-refractivity contribution is 7.89. The monoisotopic (exact) mass is 403 g/mol. The number of fused-ring (bicyclic) bond motifs is 1. The van der Waals surface area contributed by atoms with E-state index in [2.05, 4.69) is 14.9 Å². The average molecular weight is 404 g/mol. The Kier molecular flexibility index (Phi) is 5.45. The van der Waals surface area contributed by atoms with Gasteiger partial charge in [-0.25, -0.2) is 13.1 Å². The first-order chi connectivity index (χ1) is 12.2. The number of anilines is 1. The van der Waals surface area contributed by atoms with Crippen molar-refractivity contribution in [1.29, 1.82) is 0 Å². The van der Waals surface area contributed by atoms with Gasteiger partial charge in [0.2, 0.25) is 10.0 Å². The first-order valence-corrected chi connectivity index (χ1v) is 10.1. The summed E-state index contributed by atoms with van der Waals surface area (Å²) in [6, 6.07) is 2.72. The second kappa shape index (κ2) is 7.32. The Bertz CT molecular complexity index is 806. The molecule has 0 aromatic heterocycles. The second-order valence-corrected chi connectivity index (χ2v) is 8.99. The van der Waals surface area contributed by atoms with Crippen molar-refractivity contribution in [3.05, 3.63) is 17.2 Å². The molecule has 26 heavy (non-hydrogen) atoms. The average Bonchev–Trinajstić information content (AvgIpc) is 2.60. The maximum absolute atomic E-state index is 12.8. The minimum absolute atomic E-state index is 0.0197. The molecule has 0 bridgehead atoms. The summed E-state index contributed by atoms with van der Waals surface area (Å²) < 4.78 is 38.8. The maximum atomic E-state index is 12.8. The zero-order chi connectivity index (χ0) is 18.9. The summed E-state index contributed by atoms with van der Waals surface area (Å²) in [5.74, 6) is -0.0311. The molecular weight excluding hydrogens is 382 g/mol. The van der Waals surface area contributed by atoms with Crippen LogP contribution in [-0.4, -0.2) is 64.2 Å². The lowest BCUT2D eigenvalue weighted by molar-refractivity contribution is -0.118. The van der Waals surface area contributed by atoms with Gasteiger partial charge in [0.25, 0.3) is 5.91 Å². The van der Waals surface area contributed by atoms with Crippen molar-refractivity contribution in [2.75, 3.05) is 44.8 Å². The van der Waals surface area contributed by atoms with Gasteiger partial charge in [-0.1, -0.05) is 11.6 Å². The number of sulfonamides is 1. The van der Waals surface area contributed by atoms with Gasteiger partial charge in [-0.05, 0) is 19.9 Å². The zero-order valence-electron chi connectivity index (χ0n) is 14.7. The molecular formula is C16H22ClN3O5S. The fourth-order valence-corrected chi connectivity index (χ4v) is 4.66. The topological polar surface area (TPSA) is 97.0 Å².